The van der Waals surface area contributed by atoms with E-state index in [4.69, 9.17) is 4.74 Å². The summed E-state index contributed by atoms with van der Waals surface area (Å²) < 4.78 is 4.75. The van der Waals surface area contributed by atoms with E-state index in [0.717, 1.165) is 22.3 Å². The Morgan fingerprint density at radius 3 is 2.59 bits per heavy atom. The van der Waals surface area contributed by atoms with Crippen molar-refractivity contribution in [2.24, 2.45) is 0 Å². The largest absolute Gasteiger partial charge is 0.465 e. The second-order valence-electron chi connectivity index (χ2n) is 6.19. The van der Waals surface area contributed by atoms with Gasteiger partial charge in [-0.1, -0.05) is 29.5 Å². The summed E-state index contributed by atoms with van der Waals surface area (Å²) in [5, 5.41) is 3.85. The summed E-state index contributed by atoms with van der Waals surface area (Å²) in [5.41, 5.74) is 3.21. The molecule has 3 aromatic heterocycles. The van der Waals surface area contributed by atoms with Crippen LogP contribution < -0.4 is 5.32 Å². The highest BCUT2D eigenvalue weighted by Crippen LogP contribution is 2.27. The molecule has 0 spiro atoms. The first kappa shape index (κ1) is 18.7. The van der Waals surface area contributed by atoms with E-state index in [1.165, 1.54) is 7.11 Å². The Morgan fingerprint density at radius 1 is 1.07 bits per heavy atom. The molecule has 8 heteroatoms. The zero-order chi connectivity index (χ0) is 20.4. The van der Waals surface area contributed by atoms with Crippen molar-refractivity contribution in [2.75, 3.05) is 12.4 Å². The Labute approximate surface area is 170 Å². The minimum Gasteiger partial charge on any atom is -0.465 e. The fourth-order valence-corrected chi connectivity index (χ4v) is 3.81. The molecule has 1 N–H and O–H groups in total. The fraction of sp³-hybridized carbons (Fsp3) is 0.0952. The number of nitrogens with zero attached hydrogens (tertiary/aromatic N) is 3. The molecule has 0 radical (unpaired) electrons. The molecule has 0 aliphatic carbocycles. The van der Waals surface area contributed by atoms with Crippen LogP contribution in [-0.2, 0) is 4.74 Å². The number of rotatable bonds is 4. The highest BCUT2D eigenvalue weighted by Gasteiger charge is 2.19. The van der Waals surface area contributed by atoms with Crippen molar-refractivity contribution in [3.63, 3.8) is 0 Å². The number of aromatic nitrogens is 3. The Kier molecular flexibility index (Phi) is 5.01. The molecule has 0 aliphatic heterocycles. The third kappa shape index (κ3) is 3.70. The number of carbonyl (C=O) groups is 2. The van der Waals surface area contributed by atoms with Crippen LogP contribution in [0, 0.1) is 6.92 Å². The molecule has 0 unspecified atom stereocenters. The fourth-order valence-electron chi connectivity index (χ4n) is 2.93. The van der Waals surface area contributed by atoms with E-state index in [2.05, 4.69) is 20.3 Å². The molecule has 144 valence electrons. The van der Waals surface area contributed by atoms with E-state index < -0.39 is 5.97 Å². The Hall–Kier alpha value is -3.65. The van der Waals surface area contributed by atoms with Crippen LogP contribution in [0.4, 0.5) is 5.13 Å². The highest BCUT2D eigenvalue weighted by molar-refractivity contribution is 7.17. The van der Waals surface area contributed by atoms with Crippen molar-refractivity contribution in [2.45, 2.75) is 6.92 Å². The molecule has 0 saturated carbocycles. The SMILES string of the molecule is COC(=O)c1sc(NC(=O)c2cc(-c3ccncc3)nc3ccccc23)nc1C. The number of pyridine rings is 2. The zero-order valence-corrected chi connectivity index (χ0v) is 16.5. The van der Waals surface area contributed by atoms with Gasteiger partial charge in [-0.3, -0.25) is 15.1 Å². The average molecular weight is 404 g/mol. The van der Waals surface area contributed by atoms with E-state index in [1.807, 2.05) is 36.4 Å². The maximum Gasteiger partial charge on any atom is 0.350 e. The van der Waals surface area contributed by atoms with Gasteiger partial charge in [-0.05, 0) is 31.2 Å². The monoisotopic (exact) mass is 404 g/mol. The number of ether oxygens (including phenoxy) is 1. The lowest BCUT2D eigenvalue weighted by Crippen LogP contribution is -2.13. The van der Waals surface area contributed by atoms with Gasteiger partial charge in [0.2, 0.25) is 0 Å². The first-order chi connectivity index (χ1) is 14.1. The molecule has 0 aliphatic rings. The van der Waals surface area contributed by atoms with Gasteiger partial charge in [-0.25, -0.2) is 14.8 Å². The number of methoxy groups -OCH3 is 1. The molecular formula is C21H16N4O3S. The predicted octanol–water partition coefficient (Wildman–Crippen LogP) is 4.10. The summed E-state index contributed by atoms with van der Waals surface area (Å²) in [4.78, 5) is 38.2. The lowest BCUT2D eigenvalue weighted by atomic mass is 10.0. The first-order valence-electron chi connectivity index (χ1n) is 8.74. The number of nitrogens with one attached hydrogen (secondary N) is 1. The maximum atomic E-state index is 13.1. The van der Waals surface area contributed by atoms with Crippen LogP contribution in [0.5, 0.6) is 0 Å². The normalized spacial score (nSPS) is 10.7. The molecule has 7 nitrogen and oxygen atoms in total. The standard InChI is InChI=1S/C21H16N4O3S/c1-12-18(20(27)28-2)29-21(23-12)25-19(26)15-11-17(13-7-9-22-10-8-13)24-16-6-4-3-5-14(15)16/h3-11H,1-2H3,(H,23,25,26). The highest BCUT2D eigenvalue weighted by atomic mass is 32.1. The van der Waals surface area contributed by atoms with Crippen LogP contribution in [0.2, 0.25) is 0 Å². The van der Waals surface area contributed by atoms with Crippen molar-refractivity contribution in [1.82, 2.24) is 15.0 Å². The minimum atomic E-state index is -0.477. The summed E-state index contributed by atoms with van der Waals surface area (Å²) >= 11 is 1.08. The van der Waals surface area contributed by atoms with Crippen LogP contribution in [0.3, 0.4) is 0 Å². The maximum absolute atomic E-state index is 13.1. The van der Waals surface area contributed by atoms with Gasteiger partial charge in [0.1, 0.15) is 4.88 Å². The number of fused-ring (bicyclic) bond motifs is 1. The number of carbonyl (C=O) groups excluding carboxylic acids is 2. The Bertz CT molecular complexity index is 1220. The molecule has 1 amide bonds. The number of esters is 1. The lowest BCUT2D eigenvalue weighted by molar-refractivity contribution is 0.0605. The third-order valence-corrected chi connectivity index (χ3v) is 5.38. The van der Waals surface area contributed by atoms with E-state index >= 15 is 0 Å². The van der Waals surface area contributed by atoms with Crippen molar-refractivity contribution >= 4 is 39.2 Å². The number of amides is 1. The van der Waals surface area contributed by atoms with Crippen molar-refractivity contribution in [1.29, 1.82) is 0 Å². The second-order valence-corrected chi connectivity index (χ2v) is 7.19. The van der Waals surface area contributed by atoms with E-state index in [1.54, 1.807) is 25.4 Å². The molecule has 3 heterocycles. The number of thiazole rings is 1. The smallest absolute Gasteiger partial charge is 0.350 e. The number of hydrogen-bond donors (Lipinski definition) is 1. The van der Waals surface area contributed by atoms with Crippen LogP contribution in [0.25, 0.3) is 22.2 Å². The molecular weight excluding hydrogens is 388 g/mol. The van der Waals surface area contributed by atoms with Gasteiger partial charge in [0.05, 0.1) is 29.6 Å². The van der Waals surface area contributed by atoms with Gasteiger partial charge in [0.15, 0.2) is 5.13 Å². The molecule has 0 bridgehead atoms. The summed E-state index contributed by atoms with van der Waals surface area (Å²) in [7, 11) is 1.31. The molecule has 29 heavy (non-hydrogen) atoms. The number of anilines is 1. The quantitative estimate of drug-likeness (QED) is 0.515. The average Bonchev–Trinajstić information content (AvgIpc) is 3.12. The van der Waals surface area contributed by atoms with Gasteiger partial charge in [0.25, 0.3) is 5.91 Å². The number of benzene rings is 1. The molecule has 0 saturated heterocycles. The summed E-state index contributed by atoms with van der Waals surface area (Å²) in [6.07, 6.45) is 3.36. The number of hydrogen-bond acceptors (Lipinski definition) is 7. The Morgan fingerprint density at radius 2 is 1.83 bits per heavy atom. The summed E-state index contributed by atoms with van der Waals surface area (Å²) in [6, 6.07) is 12.9. The molecule has 1 aromatic carbocycles. The van der Waals surface area contributed by atoms with Crippen molar-refractivity contribution < 1.29 is 14.3 Å². The molecule has 4 aromatic rings. The second kappa shape index (κ2) is 7.76. The van der Waals surface area contributed by atoms with Crippen molar-refractivity contribution in [3.8, 4) is 11.3 Å². The Balaban J connectivity index is 1.75. The van der Waals surface area contributed by atoms with E-state index in [0.29, 0.717) is 32.5 Å². The van der Waals surface area contributed by atoms with Gasteiger partial charge < -0.3 is 4.74 Å². The minimum absolute atomic E-state index is 0.330. The molecule has 0 atom stereocenters. The number of aryl methyl sites for hydroxylation is 1. The van der Waals surface area contributed by atoms with Gasteiger partial charge in [0, 0.05) is 23.3 Å². The van der Waals surface area contributed by atoms with Gasteiger partial charge in [-0.15, -0.1) is 0 Å². The first-order valence-corrected chi connectivity index (χ1v) is 9.55. The lowest BCUT2D eigenvalue weighted by Gasteiger charge is -2.09. The van der Waals surface area contributed by atoms with Crippen LogP contribution in [0.15, 0.2) is 54.9 Å². The predicted molar refractivity (Wildman–Crippen MR) is 111 cm³/mol. The van der Waals surface area contributed by atoms with Gasteiger partial charge in [-0.2, -0.15) is 0 Å². The van der Waals surface area contributed by atoms with E-state index in [9.17, 15) is 9.59 Å². The summed E-state index contributed by atoms with van der Waals surface area (Å²) in [6.45, 7) is 1.70. The van der Waals surface area contributed by atoms with Crippen molar-refractivity contribution in [3.05, 3.63) is 71.0 Å². The van der Waals surface area contributed by atoms with Crippen LogP contribution in [0.1, 0.15) is 25.7 Å². The van der Waals surface area contributed by atoms with E-state index in [-0.39, 0.29) is 5.91 Å². The van der Waals surface area contributed by atoms with Crippen LogP contribution in [-0.4, -0.2) is 33.9 Å². The van der Waals surface area contributed by atoms with Gasteiger partial charge >= 0.3 is 5.97 Å². The molecule has 4 rings (SSSR count). The number of para-hydroxylation sites is 1. The molecule has 0 fully saturated rings. The topological polar surface area (TPSA) is 94.1 Å². The third-order valence-electron chi connectivity index (χ3n) is 4.32. The summed E-state index contributed by atoms with van der Waals surface area (Å²) in [5.74, 6) is -0.807. The zero-order valence-electron chi connectivity index (χ0n) is 15.7. The van der Waals surface area contributed by atoms with Crippen LogP contribution >= 0.6 is 11.3 Å².